The lowest BCUT2D eigenvalue weighted by atomic mass is 10.1. The summed E-state index contributed by atoms with van der Waals surface area (Å²) in [6.07, 6.45) is -0.733. The number of nitrogens with zero attached hydrogens (tertiary/aromatic N) is 3. The van der Waals surface area contributed by atoms with Crippen molar-refractivity contribution in [1.29, 1.82) is 0 Å². The van der Waals surface area contributed by atoms with Gasteiger partial charge in [0, 0.05) is 30.2 Å². The van der Waals surface area contributed by atoms with Crippen LogP contribution in [-0.4, -0.2) is 35.2 Å². The van der Waals surface area contributed by atoms with Crippen molar-refractivity contribution in [3.8, 4) is 16.9 Å². The summed E-state index contributed by atoms with van der Waals surface area (Å²) < 4.78 is 28.1. The van der Waals surface area contributed by atoms with Crippen LogP contribution in [0.2, 0.25) is 0 Å². The first-order valence-electron chi connectivity index (χ1n) is 8.38. The van der Waals surface area contributed by atoms with E-state index in [1.165, 1.54) is 22.5 Å². The Morgan fingerprint density at radius 3 is 2.37 bits per heavy atom. The molecule has 0 aliphatic heterocycles. The van der Waals surface area contributed by atoms with Gasteiger partial charge in [-0.25, -0.2) is 13.5 Å². The van der Waals surface area contributed by atoms with E-state index in [4.69, 9.17) is 0 Å². The molecule has 1 heterocycles. The fraction of sp³-hybridized carbons (Fsp3) is 0.250. The van der Waals surface area contributed by atoms with Crippen LogP contribution in [-0.2, 0) is 6.61 Å². The summed E-state index contributed by atoms with van der Waals surface area (Å²) in [4.78, 5) is 2.92. The Kier molecular flexibility index (Phi) is 5.82. The second kappa shape index (κ2) is 8.10. The maximum atomic E-state index is 13.3. The third kappa shape index (κ3) is 3.99. The van der Waals surface area contributed by atoms with Crippen LogP contribution >= 0.6 is 11.8 Å². The highest BCUT2D eigenvalue weighted by Gasteiger charge is 2.18. The van der Waals surface area contributed by atoms with Crippen LogP contribution in [0.25, 0.3) is 16.9 Å². The summed E-state index contributed by atoms with van der Waals surface area (Å²) in [5.74, 6) is 0. The first-order chi connectivity index (χ1) is 12.9. The minimum Gasteiger partial charge on any atom is -0.392 e. The molecule has 0 aliphatic carbocycles. The SMILES string of the molecule is CSc1ccc(-n2nc(C(F)F)cc2-c2ccc(N(C)C)cc2)cc1CO. The van der Waals surface area contributed by atoms with Crippen molar-refractivity contribution in [2.24, 2.45) is 0 Å². The maximum absolute atomic E-state index is 13.3. The molecule has 0 spiro atoms. The highest BCUT2D eigenvalue weighted by Crippen LogP contribution is 2.31. The van der Waals surface area contributed by atoms with Gasteiger partial charge in [0.2, 0.25) is 0 Å². The lowest BCUT2D eigenvalue weighted by Gasteiger charge is -2.14. The topological polar surface area (TPSA) is 41.3 Å². The van der Waals surface area contributed by atoms with E-state index in [2.05, 4.69) is 5.10 Å². The number of hydrogen-bond donors (Lipinski definition) is 1. The molecule has 1 aromatic heterocycles. The van der Waals surface area contributed by atoms with Crippen LogP contribution in [0.4, 0.5) is 14.5 Å². The quantitative estimate of drug-likeness (QED) is 0.618. The Bertz CT molecular complexity index is 923. The zero-order valence-corrected chi connectivity index (χ0v) is 16.2. The summed E-state index contributed by atoms with van der Waals surface area (Å²) in [5, 5.41) is 13.7. The Hall–Kier alpha value is -2.38. The van der Waals surface area contributed by atoms with E-state index >= 15 is 0 Å². The highest BCUT2D eigenvalue weighted by molar-refractivity contribution is 7.98. The molecule has 0 amide bonds. The largest absolute Gasteiger partial charge is 0.392 e. The van der Waals surface area contributed by atoms with E-state index in [9.17, 15) is 13.9 Å². The van der Waals surface area contributed by atoms with Gasteiger partial charge in [-0.3, -0.25) is 0 Å². The number of aliphatic hydroxyl groups is 1. The molecular formula is C20H21F2N3OS. The number of thioether (sulfide) groups is 1. The summed E-state index contributed by atoms with van der Waals surface area (Å²) in [6.45, 7) is -0.125. The van der Waals surface area contributed by atoms with Crippen molar-refractivity contribution in [2.75, 3.05) is 25.3 Å². The molecule has 3 rings (SSSR count). The first kappa shape index (κ1) is 19.4. The van der Waals surface area contributed by atoms with Gasteiger partial charge in [0.05, 0.1) is 18.0 Å². The van der Waals surface area contributed by atoms with Crippen molar-refractivity contribution < 1.29 is 13.9 Å². The van der Waals surface area contributed by atoms with E-state index in [1.807, 2.05) is 61.6 Å². The Labute approximate surface area is 161 Å². The zero-order chi connectivity index (χ0) is 19.6. The van der Waals surface area contributed by atoms with Crippen molar-refractivity contribution in [3.63, 3.8) is 0 Å². The van der Waals surface area contributed by atoms with Crippen molar-refractivity contribution >= 4 is 17.4 Å². The van der Waals surface area contributed by atoms with Gasteiger partial charge in [0.1, 0.15) is 5.69 Å². The van der Waals surface area contributed by atoms with Crippen LogP contribution in [0, 0.1) is 0 Å². The molecule has 4 nitrogen and oxygen atoms in total. The van der Waals surface area contributed by atoms with Crippen LogP contribution in [0.3, 0.4) is 0 Å². The van der Waals surface area contributed by atoms with Gasteiger partial charge < -0.3 is 10.0 Å². The lowest BCUT2D eigenvalue weighted by Crippen LogP contribution is -2.08. The number of hydrogen-bond acceptors (Lipinski definition) is 4. The number of alkyl halides is 2. The summed E-state index contributed by atoms with van der Waals surface area (Å²) in [7, 11) is 3.88. The van der Waals surface area contributed by atoms with E-state index in [-0.39, 0.29) is 12.3 Å². The molecule has 2 aromatic carbocycles. The predicted octanol–water partition coefficient (Wildman–Crippen LogP) is 4.76. The smallest absolute Gasteiger partial charge is 0.282 e. The maximum Gasteiger partial charge on any atom is 0.282 e. The number of halogens is 2. The van der Waals surface area contributed by atoms with Gasteiger partial charge in [-0.1, -0.05) is 12.1 Å². The summed E-state index contributed by atoms with van der Waals surface area (Å²) in [5.41, 5.74) is 3.49. The number of benzene rings is 2. The van der Waals surface area contributed by atoms with Crippen molar-refractivity contribution in [3.05, 3.63) is 59.8 Å². The van der Waals surface area contributed by atoms with Crippen LogP contribution in [0.15, 0.2) is 53.4 Å². The molecule has 1 N–H and O–H groups in total. The van der Waals surface area contributed by atoms with E-state index in [1.54, 1.807) is 6.07 Å². The average molecular weight is 389 g/mol. The molecule has 142 valence electrons. The van der Waals surface area contributed by atoms with Gasteiger partial charge in [0.15, 0.2) is 0 Å². The molecule has 0 unspecified atom stereocenters. The summed E-state index contributed by atoms with van der Waals surface area (Å²) >= 11 is 1.52. The van der Waals surface area contributed by atoms with Gasteiger partial charge in [-0.15, -0.1) is 11.8 Å². The monoisotopic (exact) mass is 389 g/mol. The average Bonchev–Trinajstić information content (AvgIpc) is 3.13. The fourth-order valence-electron chi connectivity index (χ4n) is 2.86. The minimum absolute atomic E-state index is 0.125. The molecule has 0 fully saturated rings. The zero-order valence-electron chi connectivity index (χ0n) is 15.4. The molecule has 27 heavy (non-hydrogen) atoms. The van der Waals surface area contributed by atoms with E-state index in [0.717, 1.165) is 21.7 Å². The molecule has 0 saturated carbocycles. The fourth-order valence-corrected chi connectivity index (χ4v) is 3.45. The molecule has 0 saturated heterocycles. The normalized spacial score (nSPS) is 11.2. The minimum atomic E-state index is -2.66. The molecule has 0 radical (unpaired) electrons. The molecule has 0 atom stereocenters. The van der Waals surface area contributed by atoms with Gasteiger partial charge >= 0.3 is 0 Å². The Morgan fingerprint density at radius 1 is 1.11 bits per heavy atom. The molecule has 3 aromatic rings. The third-order valence-corrected chi connectivity index (χ3v) is 5.15. The number of anilines is 1. The molecule has 0 bridgehead atoms. The predicted molar refractivity (Wildman–Crippen MR) is 106 cm³/mol. The van der Waals surface area contributed by atoms with E-state index < -0.39 is 6.43 Å². The second-order valence-electron chi connectivity index (χ2n) is 6.26. The molecular weight excluding hydrogens is 368 g/mol. The van der Waals surface area contributed by atoms with Gasteiger partial charge in [-0.05, 0) is 48.2 Å². The summed E-state index contributed by atoms with van der Waals surface area (Å²) in [6, 6.07) is 14.5. The Balaban J connectivity index is 2.12. The van der Waals surface area contributed by atoms with Crippen LogP contribution < -0.4 is 4.90 Å². The second-order valence-corrected chi connectivity index (χ2v) is 7.11. The Morgan fingerprint density at radius 2 is 1.81 bits per heavy atom. The standard InChI is InChI=1S/C20H21F2N3OS/c1-24(2)15-6-4-13(5-7-15)18-11-17(20(21)22)23-25(18)16-8-9-19(27-3)14(10-16)12-26/h4-11,20,26H,12H2,1-3H3. The van der Waals surface area contributed by atoms with Gasteiger partial charge in [0.25, 0.3) is 6.43 Å². The van der Waals surface area contributed by atoms with Crippen LogP contribution in [0.5, 0.6) is 0 Å². The van der Waals surface area contributed by atoms with Crippen LogP contribution in [0.1, 0.15) is 17.7 Å². The van der Waals surface area contributed by atoms with Crippen molar-refractivity contribution in [1.82, 2.24) is 9.78 Å². The number of aromatic nitrogens is 2. The number of aliphatic hydroxyl groups excluding tert-OH is 1. The van der Waals surface area contributed by atoms with Gasteiger partial charge in [-0.2, -0.15) is 5.10 Å². The highest BCUT2D eigenvalue weighted by atomic mass is 32.2. The third-order valence-electron chi connectivity index (χ3n) is 4.31. The number of rotatable bonds is 6. The van der Waals surface area contributed by atoms with E-state index in [0.29, 0.717) is 11.4 Å². The van der Waals surface area contributed by atoms with Crippen molar-refractivity contribution in [2.45, 2.75) is 17.9 Å². The molecule has 7 heteroatoms. The first-order valence-corrected chi connectivity index (χ1v) is 9.61. The lowest BCUT2D eigenvalue weighted by molar-refractivity contribution is 0.145. The molecule has 0 aliphatic rings.